The lowest BCUT2D eigenvalue weighted by atomic mass is 10.2. The minimum absolute atomic E-state index is 0.234. The Hall–Kier alpha value is -1.75. The predicted molar refractivity (Wildman–Crippen MR) is 66.3 cm³/mol. The molecule has 0 bridgehead atoms. The molecule has 2 aromatic rings. The van der Waals surface area contributed by atoms with Gasteiger partial charge >= 0.3 is 0 Å². The fraction of sp³-hybridized carbons (Fsp3) is 0. The Morgan fingerprint density at radius 3 is 2.82 bits per heavy atom. The molecule has 3 nitrogen and oxygen atoms in total. The molecule has 1 amide bonds. The molecule has 0 aliphatic heterocycles. The summed E-state index contributed by atoms with van der Waals surface area (Å²) in [6, 6.07) is 9.70. The average Bonchev–Trinajstić information content (AvgIpc) is 2.29. The van der Waals surface area contributed by atoms with Crippen molar-refractivity contribution in [3.63, 3.8) is 0 Å². The van der Waals surface area contributed by atoms with Crippen LogP contribution < -0.4 is 5.32 Å². The quantitative estimate of drug-likeness (QED) is 0.864. The van der Waals surface area contributed by atoms with Crippen molar-refractivity contribution in [2.24, 2.45) is 0 Å². The second-order valence-corrected chi connectivity index (χ2v) is 4.25. The molecule has 0 spiro atoms. The van der Waals surface area contributed by atoms with Crippen molar-refractivity contribution in [3.8, 4) is 0 Å². The van der Waals surface area contributed by atoms with E-state index in [-0.39, 0.29) is 11.5 Å². The minimum atomic E-state index is -0.674. The molecule has 0 fully saturated rings. The third kappa shape index (κ3) is 3.10. The summed E-state index contributed by atoms with van der Waals surface area (Å²) in [6.07, 6.45) is 1.26. The third-order valence-corrected chi connectivity index (χ3v) is 2.56. The van der Waals surface area contributed by atoms with Gasteiger partial charge in [0.15, 0.2) is 0 Å². The number of hydrogen-bond donors (Lipinski definition) is 1. The van der Waals surface area contributed by atoms with Gasteiger partial charge in [-0.05, 0) is 24.3 Å². The van der Waals surface area contributed by atoms with Crippen LogP contribution in [0.3, 0.4) is 0 Å². The van der Waals surface area contributed by atoms with Gasteiger partial charge in [0.05, 0.1) is 0 Å². The van der Waals surface area contributed by atoms with Crippen molar-refractivity contribution in [1.82, 2.24) is 4.98 Å². The monoisotopic (exact) mass is 294 g/mol. The lowest BCUT2D eigenvalue weighted by Crippen LogP contribution is -2.12. The molecule has 0 aliphatic carbocycles. The van der Waals surface area contributed by atoms with Crippen LogP contribution in [-0.2, 0) is 0 Å². The van der Waals surface area contributed by atoms with Crippen LogP contribution in [-0.4, -0.2) is 10.9 Å². The molecule has 5 heteroatoms. The summed E-state index contributed by atoms with van der Waals surface area (Å²) < 4.78 is 13.7. The van der Waals surface area contributed by atoms with E-state index in [0.29, 0.717) is 5.69 Å². The summed E-state index contributed by atoms with van der Waals surface area (Å²) in [5.41, 5.74) is 0.874. The Bertz CT molecular complexity index is 560. The molecule has 2 rings (SSSR count). The number of nitrogens with one attached hydrogen (secondary N) is 1. The van der Waals surface area contributed by atoms with Crippen molar-refractivity contribution in [3.05, 3.63) is 58.6 Å². The first-order valence-electron chi connectivity index (χ1n) is 4.83. The van der Waals surface area contributed by atoms with Gasteiger partial charge in [0.25, 0.3) is 5.91 Å². The minimum Gasteiger partial charge on any atom is -0.322 e. The topological polar surface area (TPSA) is 42.0 Å². The maximum Gasteiger partial charge on any atom is 0.255 e. The van der Waals surface area contributed by atoms with E-state index in [4.69, 9.17) is 0 Å². The Morgan fingerprint density at radius 2 is 2.12 bits per heavy atom. The number of carbonyl (C=O) groups excluding carboxylic acids is 1. The van der Waals surface area contributed by atoms with Crippen LogP contribution in [0.5, 0.6) is 0 Å². The van der Waals surface area contributed by atoms with E-state index in [9.17, 15) is 9.18 Å². The molecule has 1 aromatic heterocycles. The lowest BCUT2D eigenvalue weighted by Gasteiger charge is -2.05. The van der Waals surface area contributed by atoms with Crippen LogP contribution >= 0.6 is 15.9 Å². The number of hydrogen-bond acceptors (Lipinski definition) is 2. The molecule has 0 saturated heterocycles. The fourth-order valence-electron chi connectivity index (χ4n) is 1.31. The summed E-state index contributed by atoms with van der Waals surface area (Å²) >= 11 is 3.30. The molecule has 0 atom stereocenters. The number of pyridine rings is 1. The Balaban J connectivity index is 2.17. The first kappa shape index (κ1) is 11.7. The van der Waals surface area contributed by atoms with E-state index >= 15 is 0 Å². The number of carbonyl (C=O) groups is 1. The van der Waals surface area contributed by atoms with Gasteiger partial charge in [-0.1, -0.05) is 22.0 Å². The summed E-state index contributed by atoms with van der Waals surface area (Å²) in [5.74, 6) is -1.05. The number of benzene rings is 1. The van der Waals surface area contributed by atoms with Gasteiger partial charge in [-0.15, -0.1) is 0 Å². The fourth-order valence-corrected chi connectivity index (χ4v) is 1.71. The first-order chi connectivity index (χ1) is 8.15. The molecule has 0 radical (unpaired) electrons. The van der Waals surface area contributed by atoms with Crippen LogP contribution in [0.1, 0.15) is 10.4 Å². The average molecular weight is 295 g/mol. The molecule has 0 aliphatic rings. The number of rotatable bonds is 2. The highest BCUT2D eigenvalue weighted by atomic mass is 79.9. The van der Waals surface area contributed by atoms with Crippen molar-refractivity contribution >= 4 is 27.5 Å². The van der Waals surface area contributed by atoms with Gasteiger partial charge in [-0.3, -0.25) is 4.79 Å². The van der Waals surface area contributed by atoms with Crippen LogP contribution in [0, 0.1) is 5.95 Å². The second-order valence-electron chi connectivity index (χ2n) is 3.33. The van der Waals surface area contributed by atoms with Gasteiger partial charge in [-0.2, -0.15) is 4.39 Å². The SMILES string of the molecule is O=C(Nc1cccc(Br)c1)c1ccnc(F)c1. The van der Waals surface area contributed by atoms with Crippen molar-refractivity contribution in [2.75, 3.05) is 5.32 Å². The second kappa shape index (κ2) is 5.05. The molecule has 17 heavy (non-hydrogen) atoms. The van der Waals surface area contributed by atoms with Gasteiger partial charge in [-0.25, -0.2) is 4.98 Å². The number of amides is 1. The molecular formula is C12H8BrFN2O. The van der Waals surface area contributed by atoms with Crippen LogP contribution in [0.25, 0.3) is 0 Å². The van der Waals surface area contributed by atoms with Gasteiger partial charge in [0.1, 0.15) is 0 Å². The zero-order chi connectivity index (χ0) is 12.3. The summed E-state index contributed by atoms with van der Waals surface area (Å²) in [4.78, 5) is 15.1. The van der Waals surface area contributed by atoms with E-state index in [1.54, 1.807) is 18.2 Å². The number of nitrogens with zero attached hydrogens (tertiary/aromatic N) is 1. The first-order valence-corrected chi connectivity index (χ1v) is 5.63. The van der Waals surface area contributed by atoms with Crippen molar-refractivity contribution in [2.45, 2.75) is 0 Å². The number of halogens is 2. The largest absolute Gasteiger partial charge is 0.322 e. The molecule has 1 heterocycles. The summed E-state index contributed by atoms with van der Waals surface area (Å²) in [5, 5.41) is 2.66. The molecule has 86 valence electrons. The molecule has 1 N–H and O–H groups in total. The highest BCUT2D eigenvalue weighted by Crippen LogP contribution is 2.16. The van der Waals surface area contributed by atoms with Gasteiger partial charge < -0.3 is 5.32 Å². The summed E-state index contributed by atoms with van der Waals surface area (Å²) in [6.45, 7) is 0. The third-order valence-electron chi connectivity index (χ3n) is 2.07. The maximum atomic E-state index is 12.8. The van der Waals surface area contributed by atoms with E-state index < -0.39 is 5.95 Å². The predicted octanol–water partition coefficient (Wildman–Crippen LogP) is 3.24. The zero-order valence-corrected chi connectivity index (χ0v) is 10.2. The molecular weight excluding hydrogens is 287 g/mol. The lowest BCUT2D eigenvalue weighted by molar-refractivity contribution is 0.102. The molecule has 0 saturated carbocycles. The van der Waals surface area contributed by atoms with Crippen molar-refractivity contribution < 1.29 is 9.18 Å². The van der Waals surface area contributed by atoms with E-state index in [1.807, 2.05) is 6.07 Å². The highest BCUT2D eigenvalue weighted by molar-refractivity contribution is 9.10. The Labute approximate surface area is 106 Å². The zero-order valence-electron chi connectivity index (χ0n) is 8.65. The molecule has 0 unspecified atom stereocenters. The Morgan fingerprint density at radius 1 is 1.29 bits per heavy atom. The van der Waals surface area contributed by atoms with E-state index in [0.717, 1.165) is 10.5 Å². The van der Waals surface area contributed by atoms with Crippen molar-refractivity contribution in [1.29, 1.82) is 0 Å². The number of anilines is 1. The van der Waals surface area contributed by atoms with Gasteiger partial charge in [0.2, 0.25) is 5.95 Å². The van der Waals surface area contributed by atoms with E-state index in [1.165, 1.54) is 12.3 Å². The Kier molecular flexibility index (Phi) is 3.49. The normalized spacial score (nSPS) is 10.0. The van der Waals surface area contributed by atoms with E-state index in [2.05, 4.69) is 26.2 Å². The van der Waals surface area contributed by atoms with Crippen LogP contribution in [0.15, 0.2) is 47.1 Å². The maximum absolute atomic E-state index is 12.8. The smallest absolute Gasteiger partial charge is 0.255 e. The molecule has 1 aromatic carbocycles. The van der Waals surface area contributed by atoms with Gasteiger partial charge in [0, 0.05) is 28.0 Å². The number of aromatic nitrogens is 1. The standard InChI is InChI=1S/C12H8BrFN2O/c13-9-2-1-3-10(7-9)16-12(17)8-4-5-15-11(14)6-8/h1-7H,(H,16,17). The summed E-state index contributed by atoms with van der Waals surface area (Å²) in [7, 11) is 0. The van der Waals surface area contributed by atoms with Crippen LogP contribution in [0.4, 0.5) is 10.1 Å². The highest BCUT2D eigenvalue weighted by Gasteiger charge is 2.07. The van der Waals surface area contributed by atoms with Crippen LogP contribution in [0.2, 0.25) is 0 Å².